The monoisotopic (exact) mass is 420 g/mol. The highest BCUT2D eigenvalue weighted by Gasteiger charge is 1.97. The lowest BCUT2D eigenvalue weighted by Gasteiger charge is -2.05. The van der Waals surface area contributed by atoms with Crippen LogP contribution < -0.4 is 0 Å². The van der Waals surface area contributed by atoms with Crippen molar-refractivity contribution in [2.24, 2.45) is 0 Å². The van der Waals surface area contributed by atoms with Gasteiger partial charge in [0.25, 0.3) is 0 Å². The summed E-state index contributed by atoms with van der Waals surface area (Å²) in [5.74, 6) is 0. The third kappa shape index (κ3) is 30.2. The van der Waals surface area contributed by atoms with Crippen molar-refractivity contribution in [2.45, 2.75) is 193 Å². The molecule has 0 bridgehead atoms. The Labute approximate surface area is 192 Å². The van der Waals surface area contributed by atoms with Crippen molar-refractivity contribution in [3.05, 3.63) is 0 Å². The summed E-state index contributed by atoms with van der Waals surface area (Å²) >= 11 is 0. The zero-order chi connectivity index (χ0) is 21.2. The van der Waals surface area contributed by atoms with Crippen molar-refractivity contribution in [1.29, 1.82) is 0 Å². The van der Waals surface area contributed by atoms with Crippen LogP contribution in [0.5, 0.6) is 0 Å². The van der Waals surface area contributed by atoms with E-state index in [1.807, 2.05) is 0 Å². The smallest absolute Gasteiger partial charge is 0.0533 e. The van der Waals surface area contributed by atoms with Crippen LogP contribution in [0, 0.1) is 0 Å². The molecule has 0 nitrogen and oxygen atoms in total. The fraction of sp³-hybridized carbons (Fsp3) is 1.00. The second kappa shape index (κ2) is 25.3. The molecule has 8 aliphatic rings. The molecule has 8 saturated carbocycles. The molecular weight excluding hydrogens is 360 g/mol. The molecule has 0 saturated heterocycles. The van der Waals surface area contributed by atoms with Crippen LogP contribution in [0.1, 0.15) is 193 Å². The molecule has 0 heterocycles. The van der Waals surface area contributed by atoms with Gasteiger partial charge >= 0.3 is 0 Å². The second-order valence-electron chi connectivity index (χ2n) is 10.6. The standard InChI is InChI=1S/6C4H8.2C3H6/c6*1-2-4-3-1;2*1-2-3-1/h6*1-4H2;2*1-3H2. The molecule has 30 heavy (non-hydrogen) atoms. The summed E-state index contributed by atoms with van der Waals surface area (Å²) < 4.78 is 0. The second-order valence-corrected chi connectivity index (χ2v) is 10.6. The van der Waals surface area contributed by atoms with Crippen molar-refractivity contribution < 1.29 is 0 Å². The molecule has 0 unspecified atom stereocenters. The highest BCUT2D eigenvalue weighted by Crippen LogP contribution is 2.17. The SMILES string of the molecule is C1CC1.C1CC1.C1CCC1.C1CCC1.C1CCC1.C1CCC1.C1CCC1.C1CCC1. The summed E-state index contributed by atoms with van der Waals surface area (Å²) in [6.07, 6.45) is 45.0. The summed E-state index contributed by atoms with van der Waals surface area (Å²) in [6, 6.07) is 0. The summed E-state index contributed by atoms with van der Waals surface area (Å²) in [5, 5.41) is 0. The minimum absolute atomic E-state index is 1.50. The van der Waals surface area contributed by atoms with Gasteiger partial charge in [-0.05, 0) is 0 Å². The molecule has 0 aromatic rings. The van der Waals surface area contributed by atoms with Crippen molar-refractivity contribution in [3.8, 4) is 0 Å². The molecule has 0 aliphatic heterocycles. The molecule has 0 heteroatoms. The largest absolute Gasteiger partial charge is 0.0533 e. The van der Waals surface area contributed by atoms with E-state index in [4.69, 9.17) is 0 Å². The lowest BCUT2D eigenvalue weighted by atomic mass is 10.0. The molecule has 0 N–H and O–H groups in total. The van der Waals surface area contributed by atoms with Gasteiger partial charge in [-0.15, -0.1) is 0 Å². The topological polar surface area (TPSA) is 0 Å². The van der Waals surface area contributed by atoms with Crippen LogP contribution in [-0.4, -0.2) is 0 Å². The summed E-state index contributed by atoms with van der Waals surface area (Å²) in [5.41, 5.74) is 0. The average Bonchev–Trinajstić information content (AvgIpc) is 3.20. The minimum atomic E-state index is 1.50. The van der Waals surface area contributed by atoms with Crippen molar-refractivity contribution >= 4 is 0 Å². The Morgan fingerprint density at radius 3 is 0.100 bits per heavy atom. The van der Waals surface area contributed by atoms with Gasteiger partial charge in [-0.3, -0.25) is 0 Å². The maximum Gasteiger partial charge on any atom is -0.0533 e. The molecule has 8 fully saturated rings. The predicted molar refractivity (Wildman–Crippen MR) is 139 cm³/mol. The first-order valence-electron chi connectivity index (χ1n) is 15.0. The van der Waals surface area contributed by atoms with Crippen LogP contribution in [0.2, 0.25) is 0 Å². The Morgan fingerprint density at radius 2 is 0.100 bits per heavy atom. The number of hydrogen-bond acceptors (Lipinski definition) is 0. The van der Waals surface area contributed by atoms with E-state index < -0.39 is 0 Å². The van der Waals surface area contributed by atoms with E-state index in [1.54, 1.807) is 0 Å². The Kier molecular flexibility index (Phi) is 23.6. The third-order valence-corrected chi connectivity index (χ3v) is 6.71. The van der Waals surface area contributed by atoms with E-state index in [2.05, 4.69) is 0 Å². The lowest BCUT2D eigenvalue weighted by Crippen LogP contribution is -1.85. The molecule has 0 atom stereocenters. The third-order valence-electron chi connectivity index (χ3n) is 6.71. The maximum absolute atomic E-state index is 1.50. The Balaban J connectivity index is 0.000000172. The van der Waals surface area contributed by atoms with Crippen molar-refractivity contribution in [1.82, 2.24) is 0 Å². The van der Waals surface area contributed by atoms with Crippen LogP contribution in [0.4, 0.5) is 0 Å². The summed E-state index contributed by atoms with van der Waals surface area (Å²) in [4.78, 5) is 0. The van der Waals surface area contributed by atoms with Gasteiger partial charge in [0.05, 0.1) is 0 Å². The first-order valence-corrected chi connectivity index (χ1v) is 15.0. The molecule has 0 radical (unpaired) electrons. The maximum atomic E-state index is 1.50. The van der Waals surface area contributed by atoms with Gasteiger partial charge in [0, 0.05) is 0 Å². The van der Waals surface area contributed by atoms with E-state index >= 15 is 0 Å². The summed E-state index contributed by atoms with van der Waals surface area (Å²) in [7, 11) is 0. The van der Waals surface area contributed by atoms with Crippen LogP contribution in [0.3, 0.4) is 0 Å². The Hall–Kier alpha value is 0. The number of hydrogen-bond donors (Lipinski definition) is 0. The Morgan fingerprint density at radius 1 is 0.0667 bits per heavy atom. The Bertz CT molecular complexity index is 169. The van der Waals surface area contributed by atoms with Gasteiger partial charge in [-0.25, -0.2) is 0 Å². The first kappa shape index (κ1) is 28.0. The van der Waals surface area contributed by atoms with E-state index in [0.29, 0.717) is 0 Å². The van der Waals surface area contributed by atoms with E-state index in [9.17, 15) is 0 Å². The van der Waals surface area contributed by atoms with Crippen LogP contribution >= 0.6 is 0 Å². The van der Waals surface area contributed by atoms with Crippen LogP contribution in [-0.2, 0) is 0 Å². The predicted octanol–water partition coefficient (Wildman–Crippen LogP) is 11.7. The molecule has 0 amide bonds. The van der Waals surface area contributed by atoms with E-state index in [0.717, 1.165) is 0 Å². The minimum Gasteiger partial charge on any atom is -0.0533 e. The van der Waals surface area contributed by atoms with Gasteiger partial charge < -0.3 is 0 Å². The normalized spacial score (nSPS) is 24.0. The molecule has 0 aromatic heterocycles. The molecular formula is C30H60. The van der Waals surface area contributed by atoms with Crippen LogP contribution in [0.25, 0.3) is 0 Å². The quantitative estimate of drug-likeness (QED) is 0.365. The van der Waals surface area contributed by atoms with E-state index in [-0.39, 0.29) is 0 Å². The highest BCUT2D eigenvalue weighted by atomic mass is 14.0. The first-order chi connectivity index (χ1) is 15.0. The average molecular weight is 421 g/mol. The zero-order valence-electron chi connectivity index (χ0n) is 21.2. The molecule has 0 spiro atoms. The fourth-order valence-corrected chi connectivity index (χ4v) is 1.50. The van der Waals surface area contributed by atoms with Gasteiger partial charge in [-0.2, -0.15) is 0 Å². The van der Waals surface area contributed by atoms with E-state index in [1.165, 1.54) is 193 Å². The van der Waals surface area contributed by atoms with Crippen molar-refractivity contribution in [3.63, 3.8) is 0 Å². The van der Waals surface area contributed by atoms with Gasteiger partial charge in [0.15, 0.2) is 0 Å². The summed E-state index contributed by atoms with van der Waals surface area (Å²) in [6.45, 7) is 0. The molecule has 8 rings (SSSR count). The van der Waals surface area contributed by atoms with Gasteiger partial charge in [-0.1, -0.05) is 193 Å². The highest BCUT2D eigenvalue weighted by molar-refractivity contribution is 4.53. The molecule has 180 valence electrons. The van der Waals surface area contributed by atoms with Crippen LogP contribution in [0.15, 0.2) is 0 Å². The molecule has 0 aromatic carbocycles. The van der Waals surface area contributed by atoms with Gasteiger partial charge in [0.1, 0.15) is 0 Å². The fourth-order valence-electron chi connectivity index (χ4n) is 1.50. The lowest BCUT2D eigenvalue weighted by molar-refractivity contribution is 0.504. The van der Waals surface area contributed by atoms with Gasteiger partial charge in [0.2, 0.25) is 0 Å². The van der Waals surface area contributed by atoms with Crippen molar-refractivity contribution in [2.75, 3.05) is 0 Å². The molecule has 8 aliphatic carbocycles. The number of rotatable bonds is 0. The zero-order valence-corrected chi connectivity index (χ0v) is 21.2.